The summed E-state index contributed by atoms with van der Waals surface area (Å²) in [7, 11) is 0. The molecule has 2 aromatic rings. The molecule has 1 unspecified atom stereocenters. The van der Waals surface area contributed by atoms with Gasteiger partial charge in [-0.05, 0) is 50.6 Å². The summed E-state index contributed by atoms with van der Waals surface area (Å²) in [6.07, 6.45) is 0.277. The van der Waals surface area contributed by atoms with Crippen LogP contribution in [0.5, 0.6) is 0 Å². The van der Waals surface area contributed by atoms with Gasteiger partial charge in [0, 0.05) is 12.0 Å². The lowest BCUT2D eigenvalue weighted by Gasteiger charge is -2.24. The minimum atomic E-state index is -0.824. The number of hydrogen-bond donors (Lipinski definition) is 1. The third kappa shape index (κ3) is 5.75. The summed E-state index contributed by atoms with van der Waals surface area (Å²) in [6, 6.07) is 16.8. The molecule has 0 aliphatic carbocycles. The lowest BCUT2D eigenvalue weighted by atomic mass is 10.0. The Hall–Kier alpha value is -3.13. The molecule has 0 heterocycles. The van der Waals surface area contributed by atoms with Crippen molar-refractivity contribution in [3.63, 3.8) is 0 Å². The molecule has 0 radical (unpaired) electrons. The van der Waals surface area contributed by atoms with Gasteiger partial charge in [0.2, 0.25) is 0 Å². The van der Waals surface area contributed by atoms with Crippen LogP contribution in [0.2, 0.25) is 0 Å². The molecule has 5 nitrogen and oxygen atoms in total. The van der Waals surface area contributed by atoms with Gasteiger partial charge in [0.1, 0.15) is 11.6 Å². The van der Waals surface area contributed by atoms with E-state index in [1.54, 1.807) is 69.3 Å². The Kier molecular flexibility index (Phi) is 6.13. The highest BCUT2D eigenvalue weighted by Gasteiger charge is 2.27. The number of carbonyl (C=O) groups is 2. The van der Waals surface area contributed by atoms with Crippen molar-refractivity contribution >= 4 is 11.9 Å². The second kappa shape index (κ2) is 8.30. The Balaban J connectivity index is 2.19. The number of ether oxygens (including phenoxy) is 1. The minimum absolute atomic E-state index is 0.277. The van der Waals surface area contributed by atoms with E-state index in [2.05, 4.69) is 11.4 Å². The normalized spacial score (nSPS) is 11.9. The van der Waals surface area contributed by atoms with Crippen molar-refractivity contribution in [2.75, 3.05) is 0 Å². The van der Waals surface area contributed by atoms with E-state index in [1.807, 2.05) is 6.07 Å². The van der Waals surface area contributed by atoms with E-state index in [0.29, 0.717) is 11.1 Å². The smallest absolute Gasteiger partial charge is 0.329 e. The Labute approximate surface area is 153 Å². The second-order valence-corrected chi connectivity index (χ2v) is 6.94. The van der Waals surface area contributed by atoms with Crippen LogP contribution < -0.4 is 5.32 Å². The van der Waals surface area contributed by atoms with Crippen molar-refractivity contribution in [2.45, 2.75) is 38.8 Å². The fraction of sp³-hybridized carbons (Fsp3) is 0.286. The number of carbonyl (C=O) groups excluding carboxylic acids is 2. The van der Waals surface area contributed by atoms with Gasteiger partial charge in [-0.15, -0.1) is 0 Å². The zero-order valence-corrected chi connectivity index (χ0v) is 15.2. The highest BCUT2D eigenvalue weighted by Crippen LogP contribution is 2.13. The van der Waals surface area contributed by atoms with Gasteiger partial charge in [0.05, 0.1) is 11.6 Å². The van der Waals surface area contributed by atoms with Gasteiger partial charge in [-0.1, -0.05) is 30.3 Å². The third-order valence-electron chi connectivity index (χ3n) is 3.56. The average molecular weight is 350 g/mol. The van der Waals surface area contributed by atoms with Crippen LogP contribution in [0.15, 0.2) is 54.6 Å². The van der Waals surface area contributed by atoms with Gasteiger partial charge in [-0.3, -0.25) is 4.79 Å². The predicted octanol–water partition coefficient (Wildman–Crippen LogP) is 3.24. The first-order chi connectivity index (χ1) is 12.3. The monoisotopic (exact) mass is 350 g/mol. The van der Waals surface area contributed by atoms with Gasteiger partial charge in [-0.2, -0.15) is 5.26 Å². The van der Waals surface area contributed by atoms with Crippen LogP contribution in [0.3, 0.4) is 0 Å². The summed E-state index contributed by atoms with van der Waals surface area (Å²) in [5.74, 6) is -0.832. The highest BCUT2D eigenvalue weighted by molar-refractivity contribution is 5.96. The Morgan fingerprint density at radius 3 is 2.23 bits per heavy atom. The fourth-order valence-electron chi connectivity index (χ4n) is 2.35. The number of nitrogens with one attached hydrogen (secondary N) is 1. The number of hydrogen-bond acceptors (Lipinski definition) is 4. The molecule has 0 saturated carbocycles. The summed E-state index contributed by atoms with van der Waals surface area (Å²) < 4.78 is 5.45. The number of rotatable bonds is 5. The number of amides is 1. The maximum atomic E-state index is 12.6. The summed E-state index contributed by atoms with van der Waals surface area (Å²) in [5, 5.41) is 11.6. The standard InChI is InChI=1S/C21H22N2O3/c1-21(2,3)26-20(25)18(13-15-9-11-16(14-22)12-10-15)23-19(24)17-7-5-4-6-8-17/h4-12,18H,13H2,1-3H3,(H,23,24). The largest absolute Gasteiger partial charge is 0.458 e. The van der Waals surface area contributed by atoms with E-state index < -0.39 is 17.6 Å². The van der Waals surface area contributed by atoms with Crippen molar-refractivity contribution in [1.29, 1.82) is 5.26 Å². The van der Waals surface area contributed by atoms with Gasteiger partial charge < -0.3 is 10.1 Å². The number of nitriles is 1. The maximum absolute atomic E-state index is 12.6. The van der Waals surface area contributed by atoms with Crippen LogP contribution in [-0.4, -0.2) is 23.5 Å². The molecule has 134 valence electrons. The zero-order valence-electron chi connectivity index (χ0n) is 15.2. The molecule has 0 aliphatic rings. The highest BCUT2D eigenvalue weighted by atomic mass is 16.6. The summed E-state index contributed by atoms with van der Waals surface area (Å²) in [6.45, 7) is 5.34. The molecule has 2 aromatic carbocycles. The van der Waals surface area contributed by atoms with Crippen molar-refractivity contribution in [3.8, 4) is 6.07 Å². The van der Waals surface area contributed by atoms with Gasteiger partial charge in [-0.25, -0.2) is 4.79 Å². The average Bonchev–Trinajstić information content (AvgIpc) is 2.61. The van der Waals surface area contributed by atoms with E-state index in [1.165, 1.54) is 0 Å². The lowest BCUT2D eigenvalue weighted by molar-refractivity contribution is -0.157. The molecule has 26 heavy (non-hydrogen) atoms. The molecule has 0 saturated heterocycles. The fourth-order valence-corrected chi connectivity index (χ4v) is 2.35. The first-order valence-electron chi connectivity index (χ1n) is 8.36. The Morgan fingerprint density at radius 2 is 1.69 bits per heavy atom. The van der Waals surface area contributed by atoms with Crippen LogP contribution in [0.25, 0.3) is 0 Å². The minimum Gasteiger partial charge on any atom is -0.458 e. The molecule has 0 bridgehead atoms. The van der Waals surface area contributed by atoms with Gasteiger partial charge in [0.15, 0.2) is 0 Å². The van der Waals surface area contributed by atoms with E-state index in [0.717, 1.165) is 5.56 Å². The first kappa shape index (κ1) is 19.2. The molecular formula is C21H22N2O3. The van der Waals surface area contributed by atoms with Crippen molar-refractivity contribution < 1.29 is 14.3 Å². The lowest BCUT2D eigenvalue weighted by Crippen LogP contribution is -2.45. The molecule has 5 heteroatoms. The molecule has 1 atom stereocenters. The van der Waals surface area contributed by atoms with Gasteiger partial charge in [0.25, 0.3) is 5.91 Å². The van der Waals surface area contributed by atoms with E-state index >= 15 is 0 Å². The molecule has 0 fully saturated rings. The summed E-state index contributed by atoms with van der Waals surface area (Å²) in [4.78, 5) is 25.0. The maximum Gasteiger partial charge on any atom is 0.329 e. The molecule has 0 aromatic heterocycles. The van der Waals surface area contributed by atoms with Crippen LogP contribution in [-0.2, 0) is 16.0 Å². The quantitative estimate of drug-likeness (QED) is 0.840. The van der Waals surface area contributed by atoms with Crippen LogP contribution >= 0.6 is 0 Å². The topological polar surface area (TPSA) is 79.2 Å². The predicted molar refractivity (Wildman–Crippen MR) is 98.4 cm³/mol. The van der Waals surface area contributed by atoms with Gasteiger partial charge >= 0.3 is 5.97 Å². The summed E-state index contributed by atoms with van der Waals surface area (Å²) in [5.41, 5.74) is 1.18. The second-order valence-electron chi connectivity index (χ2n) is 6.94. The van der Waals surface area contributed by atoms with Crippen LogP contribution in [0.1, 0.15) is 42.3 Å². The van der Waals surface area contributed by atoms with Crippen molar-refractivity contribution in [3.05, 3.63) is 71.3 Å². The molecule has 0 aliphatic heterocycles. The molecule has 1 amide bonds. The number of nitrogens with zero attached hydrogens (tertiary/aromatic N) is 1. The van der Waals surface area contributed by atoms with Crippen molar-refractivity contribution in [2.24, 2.45) is 0 Å². The first-order valence-corrected chi connectivity index (χ1v) is 8.36. The third-order valence-corrected chi connectivity index (χ3v) is 3.56. The summed E-state index contributed by atoms with van der Waals surface area (Å²) >= 11 is 0. The van der Waals surface area contributed by atoms with E-state index in [-0.39, 0.29) is 12.3 Å². The van der Waals surface area contributed by atoms with E-state index in [9.17, 15) is 9.59 Å². The number of benzene rings is 2. The van der Waals surface area contributed by atoms with Crippen LogP contribution in [0.4, 0.5) is 0 Å². The SMILES string of the molecule is CC(C)(C)OC(=O)C(Cc1ccc(C#N)cc1)NC(=O)c1ccccc1. The molecule has 1 N–H and O–H groups in total. The van der Waals surface area contributed by atoms with E-state index in [4.69, 9.17) is 10.00 Å². The zero-order chi connectivity index (χ0) is 19.2. The molecular weight excluding hydrogens is 328 g/mol. The Bertz CT molecular complexity index is 800. The molecule has 2 rings (SSSR count). The molecule has 0 spiro atoms. The Morgan fingerprint density at radius 1 is 1.08 bits per heavy atom. The van der Waals surface area contributed by atoms with Crippen LogP contribution in [0, 0.1) is 11.3 Å². The number of esters is 1. The van der Waals surface area contributed by atoms with Crippen molar-refractivity contribution in [1.82, 2.24) is 5.32 Å².